The lowest BCUT2D eigenvalue weighted by atomic mass is 10.2. The van der Waals surface area contributed by atoms with Gasteiger partial charge in [-0.05, 0) is 18.2 Å². The molecule has 0 radical (unpaired) electrons. The van der Waals surface area contributed by atoms with Crippen LogP contribution >= 0.6 is 0 Å². The summed E-state index contributed by atoms with van der Waals surface area (Å²) in [5, 5.41) is 0. The molecule has 0 spiro atoms. The number of rotatable bonds is 4. The lowest BCUT2D eigenvalue weighted by Gasteiger charge is -2.29. The van der Waals surface area contributed by atoms with Gasteiger partial charge in [-0.2, -0.15) is 0 Å². The van der Waals surface area contributed by atoms with E-state index in [9.17, 15) is 9.18 Å². The van der Waals surface area contributed by atoms with Crippen molar-refractivity contribution >= 4 is 11.7 Å². The number of hydrogen-bond acceptors (Lipinski definition) is 6. The molecule has 2 fully saturated rings. The Kier molecular flexibility index (Phi) is 5.15. The molecule has 0 saturated carbocycles. The molecule has 0 aliphatic carbocycles. The average Bonchev–Trinajstić information content (AvgIpc) is 3.17. The fraction of sp³-hybridized carbons (Fsp3) is 0.421. The van der Waals surface area contributed by atoms with Crippen molar-refractivity contribution in [3.8, 4) is 5.88 Å². The summed E-state index contributed by atoms with van der Waals surface area (Å²) in [6, 6.07) is 5.75. The molecule has 1 atom stereocenters. The minimum atomic E-state index is -0.414. The van der Waals surface area contributed by atoms with Crippen LogP contribution in [0.25, 0.3) is 0 Å². The first-order valence-electron chi connectivity index (χ1n) is 9.06. The van der Waals surface area contributed by atoms with Crippen molar-refractivity contribution < 1.29 is 18.7 Å². The van der Waals surface area contributed by atoms with Crippen LogP contribution in [0, 0.1) is 5.82 Å². The first-order valence-corrected chi connectivity index (χ1v) is 9.06. The Labute approximate surface area is 156 Å². The van der Waals surface area contributed by atoms with Crippen molar-refractivity contribution in [1.29, 1.82) is 0 Å². The average molecular weight is 372 g/mol. The summed E-state index contributed by atoms with van der Waals surface area (Å²) in [5.41, 5.74) is 0.351. The van der Waals surface area contributed by atoms with Crippen LogP contribution in [0.3, 0.4) is 0 Å². The molecular weight excluding hydrogens is 351 g/mol. The number of carbonyl (C=O) groups excluding carboxylic acids is 1. The molecule has 3 heterocycles. The van der Waals surface area contributed by atoms with Gasteiger partial charge >= 0.3 is 0 Å². The van der Waals surface area contributed by atoms with Crippen LogP contribution in [0.5, 0.6) is 5.88 Å². The van der Waals surface area contributed by atoms with Crippen LogP contribution in [0.15, 0.2) is 36.7 Å². The molecule has 1 amide bonds. The molecule has 7 nitrogen and oxygen atoms in total. The van der Waals surface area contributed by atoms with Gasteiger partial charge in [0.15, 0.2) is 5.82 Å². The molecule has 27 heavy (non-hydrogen) atoms. The van der Waals surface area contributed by atoms with E-state index in [-0.39, 0.29) is 12.0 Å². The highest BCUT2D eigenvalue weighted by molar-refractivity contribution is 5.94. The quantitative estimate of drug-likeness (QED) is 0.815. The van der Waals surface area contributed by atoms with E-state index >= 15 is 0 Å². The Morgan fingerprint density at radius 1 is 1.19 bits per heavy atom. The third-order valence-electron chi connectivity index (χ3n) is 4.74. The van der Waals surface area contributed by atoms with Crippen LogP contribution < -0.4 is 9.64 Å². The van der Waals surface area contributed by atoms with E-state index in [1.165, 1.54) is 12.1 Å². The number of amides is 1. The van der Waals surface area contributed by atoms with Gasteiger partial charge in [0.1, 0.15) is 11.9 Å². The molecule has 2 saturated heterocycles. The van der Waals surface area contributed by atoms with E-state index in [1.807, 2.05) is 0 Å². The summed E-state index contributed by atoms with van der Waals surface area (Å²) in [6.45, 7) is 3.78. The summed E-state index contributed by atoms with van der Waals surface area (Å²) in [4.78, 5) is 25.1. The predicted molar refractivity (Wildman–Crippen MR) is 96.4 cm³/mol. The number of benzene rings is 1. The van der Waals surface area contributed by atoms with Gasteiger partial charge in [-0.1, -0.05) is 6.07 Å². The Balaban J connectivity index is 1.42. The van der Waals surface area contributed by atoms with Crippen LogP contribution in [0.4, 0.5) is 10.2 Å². The van der Waals surface area contributed by atoms with Crippen molar-refractivity contribution in [2.45, 2.75) is 12.5 Å². The van der Waals surface area contributed by atoms with Gasteiger partial charge in [-0.3, -0.25) is 4.79 Å². The summed E-state index contributed by atoms with van der Waals surface area (Å²) >= 11 is 0. The predicted octanol–water partition coefficient (Wildman–Crippen LogP) is 1.75. The van der Waals surface area contributed by atoms with E-state index in [2.05, 4.69) is 14.9 Å². The van der Waals surface area contributed by atoms with Crippen molar-refractivity contribution in [3.05, 3.63) is 48.0 Å². The van der Waals surface area contributed by atoms with Crippen LogP contribution in [0.1, 0.15) is 16.8 Å². The maximum Gasteiger partial charge on any atom is 0.257 e. The highest BCUT2D eigenvalue weighted by Gasteiger charge is 2.30. The normalized spacial score (nSPS) is 20.0. The van der Waals surface area contributed by atoms with Crippen molar-refractivity contribution in [2.24, 2.45) is 0 Å². The first kappa shape index (κ1) is 17.7. The Hall–Kier alpha value is -2.74. The second-order valence-electron chi connectivity index (χ2n) is 6.57. The second-order valence-corrected chi connectivity index (χ2v) is 6.57. The maximum atomic E-state index is 13.4. The summed E-state index contributed by atoms with van der Waals surface area (Å²) in [6.07, 6.45) is 3.77. The smallest absolute Gasteiger partial charge is 0.257 e. The summed E-state index contributed by atoms with van der Waals surface area (Å²) in [7, 11) is 0. The molecule has 2 aromatic rings. The topological polar surface area (TPSA) is 67.8 Å². The summed E-state index contributed by atoms with van der Waals surface area (Å²) < 4.78 is 24.8. The fourth-order valence-electron chi connectivity index (χ4n) is 3.36. The monoisotopic (exact) mass is 372 g/mol. The number of carbonyl (C=O) groups is 1. The number of halogens is 1. The summed E-state index contributed by atoms with van der Waals surface area (Å²) in [5.74, 6) is 0.580. The Bertz CT molecular complexity index is 813. The van der Waals surface area contributed by atoms with E-state index in [4.69, 9.17) is 9.47 Å². The molecule has 8 heteroatoms. The number of hydrogen-bond donors (Lipinski definition) is 0. The lowest BCUT2D eigenvalue weighted by Crippen LogP contribution is -2.37. The molecular formula is C19H21FN4O3. The molecule has 1 unspecified atom stereocenters. The fourth-order valence-corrected chi connectivity index (χ4v) is 3.36. The van der Waals surface area contributed by atoms with Gasteiger partial charge in [0.25, 0.3) is 11.8 Å². The zero-order valence-corrected chi connectivity index (χ0v) is 14.9. The van der Waals surface area contributed by atoms with E-state index in [1.54, 1.807) is 29.4 Å². The van der Waals surface area contributed by atoms with Crippen molar-refractivity contribution in [3.63, 3.8) is 0 Å². The SMILES string of the molecule is O=C(c1cccc(F)c1)N1CCC(Oc2nccnc2N2CCOCC2)C1. The van der Waals surface area contributed by atoms with Crippen molar-refractivity contribution in [2.75, 3.05) is 44.3 Å². The van der Waals surface area contributed by atoms with E-state index in [0.717, 1.165) is 13.1 Å². The lowest BCUT2D eigenvalue weighted by molar-refractivity contribution is 0.0770. The number of aromatic nitrogens is 2. The van der Waals surface area contributed by atoms with E-state index in [0.29, 0.717) is 50.0 Å². The van der Waals surface area contributed by atoms with Crippen LogP contribution in [0.2, 0.25) is 0 Å². The van der Waals surface area contributed by atoms with Gasteiger partial charge in [-0.15, -0.1) is 0 Å². The number of ether oxygens (including phenoxy) is 2. The number of nitrogens with zero attached hydrogens (tertiary/aromatic N) is 4. The van der Waals surface area contributed by atoms with Gasteiger partial charge in [-0.25, -0.2) is 14.4 Å². The molecule has 1 aromatic carbocycles. The standard InChI is InChI=1S/C19H21FN4O3/c20-15-3-1-2-14(12-15)19(25)24-7-4-16(13-24)27-18-17(21-5-6-22-18)23-8-10-26-11-9-23/h1-3,5-6,12,16H,4,7-11,13H2. The van der Waals surface area contributed by atoms with E-state index < -0.39 is 5.82 Å². The molecule has 142 valence electrons. The highest BCUT2D eigenvalue weighted by Crippen LogP contribution is 2.26. The van der Waals surface area contributed by atoms with Gasteiger partial charge < -0.3 is 19.3 Å². The molecule has 2 aliphatic rings. The minimum absolute atomic E-state index is 0.168. The van der Waals surface area contributed by atoms with Crippen LogP contribution in [-0.4, -0.2) is 66.3 Å². The third kappa shape index (κ3) is 4.00. The molecule has 0 bridgehead atoms. The number of anilines is 1. The third-order valence-corrected chi connectivity index (χ3v) is 4.74. The molecule has 2 aliphatic heterocycles. The zero-order chi connectivity index (χ0) is 18.6. The molecule has 0 N–H and O–H groups in total. The van der Waals surface area contributed by atoms with Crippen molar-refractivity contribution in [1.82, 2.24) is 14.9 Å². The Morgan fingerprint density at radius 3 is 2.81 bits per heavy atom. The molecule has 4 rings (SSSR count). The largest absolute Gasteiger partial charge is 0.470 e. The molecule has 1 aromatic heterocycles. The Morgan fingerprint density at radius 2 is 2.00 bits per heavy atom. The van der Waals surface area contributed by atoms with Gasteiger partial charge in [0, 0.05) is 44.0 Å². The number of morpholine rings is 1. The minimum Gasteiger partial charge on any atom is -0.470 e. The van der Waals surface area contributed by atoms with Gasteiger partial charge in [0.2, 0.25) is 0 Å². The number of likely N-dealkylation sites (tertiary alicyclic amines) is 1. The second kappa shape index (κ2) is 7.87. The maximum absolute atomic E-state index is 13.4. The van der Waals surface area contributed by atoms with Gasteiger partial charge in [0.05, 0.1) is 19.8 Å². The van der Waals surface area contributed by atoms with Crippen LogP contribution in [-0.2, 0) is 4.74 Å². The first-order chi connectivity index (χ1) is 13.2. The highest BCUT2D eigenvalue weighted by atomic mass is 19.1. The zero-order valence-electron chi connectivity index (χ0n) is 14.9.